The maximum Gasteiger partial charge on any atom is 0.220 e. The van der Waals surface area contributed by atoms with Gasteiger partial charge < -0.3 is 11.1 Å². The summed E-state index contributed by atoms with van der Waals surface area (Å²) in [5.74, 6) is -0.247. The van der Waals surface area contributed by atoms with Crippen LogP contribution in [0.2, 0.25) is 0 Å². The molecule has 1 aromatic carbocycles. The Morgan fingerprint density at radius 3 is 2.67 bits per heavy atom. The lowest BCUT2D eigenvalue weighted by atomic mass is 10.1. The molecule has 0 unspecified atom stereocenters. The average Bonchev–Trinajstić information content (AvgIpc) is 2.27. The summed E-state index contributed by atoms with van der Waals surface area (Å²) in [6.07, 6.45) is 0.999. The highest BCUT2D eigenvalue weighted by Gasteiger charge is 2.12. The van der Waals surface area contributed by atoms with Gasteiger partial charge in [0.25, 0.3) is 0 Å². The van der Waals surface area contributed by atoms with Gasteiger partial charge in [0.15, 0.2) is 0 Å². The first-order valence-corrected chi connectivity index (χ1v) is 6.08. The quantitative estimate of drug-likeness (QED) is 0.841. The van der Waals surface area contributed by atoms with Crippen LogP contribution in [0.1, 0.15) is 31.4 Å². The minimum Gasteiger partial charge on any atom is -0.354 e. The third kappa shape index (κ3) is 5.27. The molecule has 1 rings (SSSR count). The summed E-state index contributed by atoms with van der Waals surface area (Å²) in [5.41, 5.74) is 6.95. The molecule has 1 amide bonds. The van der Waals surface area contributed by atoms with Crippen molar-refractivity contribution in [3.63, 3.8) is 0 Å². The number of hydrogen-bond acceptors (Lipinski definition) is 2. The highest BCUT2D eigenvalue weighted by molar-refractivity contribution is 5.76. The van der Waals surface area contributed by atoms with E-state index in [1.807, 2.05) is 13.8 Å². The van der Waals surface area contributed by atoms with Gasteiger partial charge in [0, 0.05) is 18.5 Å². The molecule has 0 bridgehead atoms. The van der Waals surface area contributed by atoms with Crippen molar-refractivity contribution >= 4 is 5.91 Å². The van der Waals surface area contributed by atoms with Crippen molar-refractivity contribution < 1.29 is 9.18 Å². The van der Waals surface area contributed by atoms with Crippen molar-refractivity contribution in [1.82, 2.24) is 5.32 Å². The molecule has 0 saturated carbocycles. The third-order valence-electron chi connectivity index (χ3n) is 2.60. The molecule has 0 radical (unpaired) electrons. The van der Waals surface area contributed by atoms with Crippen LogP contribution in [-0.4, -0.2) is 18.0 Å². The molecule has 18 heavy (non-hydrogen) atoms. The van der Waals surface area contributed by atoms with E-state index in [9.17, 15) is 9.18 Å². The molecule has 1 aromatic rings. The molecule has 0 fully saturated rings. The number of amides is 1. The Morgan fingerprint density at radius 2 is 2.11 bits per heavy atom. The topological polar surface area (TPSA) is 55.1 Å². The Morgan fingerprint density at radius 1 is 1.44 bits per heavy atom. The van der Waals surface area contributed by atoms with Gasteiger partial charge in [0.05, 0.1) is 0 Å². The molecule has 100 valence electrons. The van der Waals surface area contributed by atoms with Crippen molar-refractivity contribution in [2.45, 2.75) is 39.2 Å². The number of nitrogens with one attached hydrogen (secondary N) is 1. The van der Waals surface area contributed by atoms with Gasteiger partial charge >= 0.3 is 0 Å². The molecular formula is C14H21FN2O. The van der Waals surface area contributed by atoms with Gasteiger partial charge in [-0.05, 0) is 44.4 Å². The molecule has 3 nitrogen and oxygen atoms in total. The fourth-order valence-electron chi connectivity index (χ4n) is 1.53. The lowest BCUT2D eigenvalue weighted by molar-refractivity contribution is -0.121. The molecule has 0 heterocycles. The van der Waals surface area contributed by atoms with Crippen LogP contribution in [0.3, 0.4) is 0 Å². The van der Waals surface area contributed by atoms with Crippen LogP contribution >= 0.6 is 0 Å². The molecule has 4 heteroatoms. The van der Waals surface area contributed by atoms with E-state index < -0.39 is 5.54 Å². The fraction of sp³-hybridized carbons (Fsp3) is 0.500. The number of rotatable bonds is 5. The number of nitrogens with two attached hydrogens (primary N) is 1. The summed E-state index contributed by atoms with van der Waals surface area (Å²) in [4.78, 5) is 11.6. The Labute approximate surface area is 108 Å². The maximum atomic E-state index is 13.1. The first-order valence-electron chi connectivity index (χ1n) is 6.08. The smallest absolute Gasteiger partial charge is 0.220 e. The summed E-state index contributed by atoms with van der Waals surface area (Å²) in [6.45, 7) is 5.89. The minimum absolute atomic E-state index is 0.0319. The van der Waals surface area contributed by atoms with Crippen molar-refractivity contribution in [2.24, 2.45) is 5.73 Å². The summed E-state index contributed by atoms with van der Waals surface area (Å²) < 4.78 is 13.1. The third-order valence-corrected chi connectivity index (χ3v) is 2.60. The van der Waals surface area contributed by atoms with Crippen molar-refractivity contribution in [1.29, 1.82) is 0 Å². The van der Waals surface area contributed by atoms with Crippen LogP contribution in [0.5, 0.6) is 0 Å². The molecule has 3 N–H and O–H groups in total. The number of halogens is 1. The monoisotopic (exact) mass is 252 g/mol. The van der Waals surface area contributed by atoms with Crippen LogP contribution < -0.4 is 11.1 Å². The number of benzene rings is 1. The van der Waals surface area contributed by atoms with Crippen LogP contribution in [0, 0.1) is 12.7 Å². The van der Waals surface area contributed by atoms with E-state index in [0.29, 0.717) is 24.9 Å². The van der Waals surface area contributed by atoms with Crippen LogP contribution in [0.15, 0.2) is 18.2 Å². The van der Waals surface area contributed by atoms with E-state index in [1.165, 1.54) is 6.07 Å². The van der Waals surface area contributed by atoms with Crippen molar-refractivity contribution in [3.8, 4) is 0 Å². The zero-order valence-electron chi connectivity index (χ0n) is 11.2. The number of aryl methyl sites for hydroxylation is 2. The Hall–Kier alpha value is -1.42. The molecular weight excluding hydrogens is 231 g/mol. The number of carbonyl (C=O) groups excluding carboxylic acids is 1. The number of hydrogen-bond donors (Lipinski definition) is 2. The van der Waals surface area contributed by atoms with Crippen molar-refractivity contribution in [2.75, 3.05) is 6.54 Å². The Kier molecular flexibility index (Phi) is 4.84. The van der Waals surface area contributed by atoms with Gasteiger partial charge in [0.2, 0.25) is 5.91 Å². The SMILES string of the molecule is Cc1cc(CCC(=O)NCC(C)(C)N)ccc1F. The first-order chi connectivity index (χ1) is 8.28. The van der Waals surface area contributed by atoms with E-state index in [2.05, 4.69) is 5.32 Å². The van der Waals surface area contributed by atoms with E-state index in [1.54, 1.807) is 19.1 Å². The molecule has 0 atom stereocenters. The lowest BCUT2D eigenvalue weighted by Crippen LogP contribution is -2.45. The second-order valence-electron chi connectivity index (χ2n) is 5.35. The summed E-state index contributed by atoms with van der Waals surface area (Å²) in [5, 5.41) is 2.78. The van der Waals surface area contributed by atoms with Crippen molar-refractivity contribution in [3.05, 3.63) is 35.1 Å². The van der Waals surface area contributed by atoms with Gasteiger partial charge in [0.1, 0.15) is 5.82 Å². The second kappa shape index (κ2) is 5.96. The zero-order chi connectivity index (χ0) is 13.8. The van der Waals surface area contributed by atoms with Gasteiger partial charge in [-0.2, -0.15) is 0 Å². The summed E-state index contributed by atoms with van der Waals surface area (Å²) in [6, 6.07) is 4.92. The highest BCUT2D eigenvalue weighted by atomic mass is 19.1. The molecule has 0 aliphatic rings. The van der Waals surface area contributed by atoms with Gasteiger partial charge in [-0.1, -0.05) is 12.1 Å². The second-order valence-corrected chi connectivity index (χ2v) is 5.35. The predicted molar refractivity (Wildman–Crippen MR) is 70.7 cm³/mol. The predicted octanol–water partition coefficient (Wildman–Crippen LogP) is 1.92. The van der Waals surface area contributed by atoms with E-state index in [0.717, 1.165) is 5.56 Å². The zero-order valence-corrected chi connectivity index (χ0v) is 11.2. The van der Waals surface area contributed by atoms with E-state index >= 15 is 0 Å². The van der Waals surface area contributed by atoms with Crippen LogP contribution in [-0.2, 0) is 11.2 Å². The van der Waals surface area contributed by atoms with Gasteiger partial charge in [-0.15, -0.1) is 0 Å². The van der Waals surface area contributed by atoms with Gasteiger partial charge in [-0.25, -0.2) is 4.39 Å². The number of carbonyl (C=O) groups is 1. The molecule has 0 aliphatic carbocycles. The summed E-state index contributed by atoms with van der Waals surface area (Å²) in [7, 11) is 0. The average molecular weight is 252 g/mol. The van der Waals surface area contributed by atoms with E-state index in [4.69, 9.17) is 5.73 Å². The molecule has 0 spiro atoms. The Balaban J connectivity index is 2.40. The standard InChI is InChI=1S/C14H21FN2O/c1-10-8-11(4-6-12(10)15)5-7-13(18)17-9-14(2,3)16/h4,6,8H,5,7,9,16H2,1-3H3,(H,17,18). The summed E-state index contributed by atoms with van der Waals surface area (Å²) >= 11 is 0. The highest BCUT2D eigenvalue weighted by Crippen LogP contribution is 2.10. The van der Waals surface area contributed by atoms with E-state index in [-0.39, 0.29) is 11.7 Å². The maximum absolute atomic E-state index is 13.1. The molecule has 0 saturated heterocycles. The normalized spacial score (nSPS) is 11.4. The largest absolute Gasteiger partial charge is 0.354 e. The van der Waals surface area contributed by atoms with Crippen LogP contribution in [0.4, 0.5) is 4.39 Å². The molecule has 0 aromatic heterocycles. The Bertz CT molecular complexity index is 424. The lowest BCUT2D eigenvalue weighted by Gasteiger charge is -2.18. The van der Waals surface area contributed by atoms with Crippen LogP contribution in [0.25, 0.3) is 0 Å². The molecule has 0 aliphatic heterocycles. The minimum atomic E-state index is -0.401. The fourth-order valence-corrected chi connectivity index (χ4v) is 1.53. The first kappa shape index (κ1) is 14.6. The van der Waals surface area contributed by atoms with Gasteiger partial charge in [-0.3, -0.25) is 4.79 Å².